The van der Waals surface area contributed by atoms with E-state index in [1.54, 1.807) is 12.1 Å². The van der Waals surface area contributed by atoms with Crippen molar-refractivity contribution in [2.75, 3.05) is 18.5 Å². The molecule has 3 N–H and O–H groups in total. The van der Waals surface area contributed by atoms with Crippen molar-refractivity contribution in [1.29, 1.82) is 0 Å². The first-order valence-corrected chi connectivity index (χ1v) is 13.8. The van der Waals surface area contributed by atoms with Gasteiger partial charge in [-0.25, -0.2) is 0 Å². The molecule has 2 aromatic carbocycles. The van der Waals surface area contributed by atoms with Crippen molar-refractivity contribution in [2.45, 2.75) is 54.8 Å². The molecule has 5 rings (SSSR count). The predicted molar refractivity (Wildman–Crippen MR) is 142 cm³/mol. The maximum Gasteiger partial charge on any atom is 0.245 e. The second kappa shape index (κ2) is 10.6. The number of unbranched alkanes of at least 4 members (excludes halogenated alkanes) is 1. The summed E-state index contributed by atoms with van der Waals surface area (Å²) >= 11 is 3.68. The van der Waals surface area contributed by atoms with E-state index in [4.69, 9.17) is 4.74 Å². The van der Waals surface area contributed by atoms with Gasteiger partial charge >= 0.3 is 0 Å². The molecule has 8 nitrogen and oxygen atoms in total. The van der Waals surface area contributed by atoms with Crippen LogP contribution in [0.3, 0.4) is 0 Å². The van der Waals surface area contributed by atoms with E-state index in [0.29, 0.717) is 18.7 Å². The van der Waals surface area contributed by atoms with Crippen LogP contribution in [-0.2, 0) is 19.1 Å². The molecule has 0 saturated carbocycles. The molecular formula is C28H32BrN3O5. The summed E-state index contributed by atoms with van der Waals surface area (Å²) in [5, 5.41) is 16.4. The van der Waals surface area contributed by atoms with Gasteiger partial charge in [0.1, 0.15) is 11.6 Å². The largest absolute Gasteiger partial charge is 0.394 e. The van der Waals surface area contributed by atoms with Crippen LogP contribution in [0.1, 0.15) is 37.8 Å². The summed E-state index contributed by atoms with van der Waals surface area (Å²) in [6.45, 7) is 2.15. The molecule has 9 heteroatoms. The van der Waals surface area contributed by atoms with E-state index >= 15 is 0 Å². The number of carbonyl (C=O) groups excluding carboxylic acids is 3. The van der Waals surface area contributed by atoms with Crippen LogP contribution < -0.4 is 10.6 Å². The Morgan fingerprint density at radius 3 is 2.46 bits per heavy atom. The van der Waals surface area contributed by atoms with Gasteiger partial charge in [0.2, 0.25) is 17.7 Å². The highest BCUT2D eigenvalue weighted by molar-refractivity contribution is 9.09. The lowest BCUT2D eigenvalue weighted by atomic mass is 9.70. The minimum Gasteiger partial charge on any atom is -0.394 e. The number of hydrogen-bond donors (Lipinski definition) is 3. The number of alkyl halides is 1. The van der Waals surface area contributed by atoms with Gasteiger partial charge in [-0.3, -0.25) is 14.4 Å². The molecule has 3 aliphatic rings. The molecule has 3 heterocycles. The molecule has 196 valence electrons. The van der Waals surface area contributed by atoms with Gasteiger partial charge in [-0.15, -0.1) is 0 Å². The molecule has 3 fully saturated rings. The minimum atomic E-state index is -1.17. The number of para-hydroxylation sites is 1. The first-order valence-electron chi connectivity index (χ1n) is 12.9. The molecular weight excluding hydrogens is 538 g/mol. The summed E-state index contributed by atoms with van der Waals surface area (Å²) in [5.74, 6) is -2.59. The highest BCUT2D eigenvalue weighted by Gasteiger charge is 2.77. The molecule has 0 aliphatic carbocycles. The zero-order valence-electron chi connectivity index (χ0n) is 20.7. The molecule has 7 atom stereocenters. The van der Waals surface area contributed by atoms with Crippen LogP contribution in [-0.4, -0.2) is 63.5 Å². The number of nitrogens with one attached hydrogen (secondary N) is 2. The number of halogens is 1. The number of benzene rings is 2. The number of nitrogens with zero attached hydrogens (tertiary/aromatic N) is 1. The highest BCUT2D eigenvalue weighted by Crippen LogP contribution is 2.61. The Hall–Kier alpha value is -2.75. The van der Waals surface area contributed by atoms with E-state index < -0.39 is 35.6 Å². The molecule has 0 radical (unpaired) electrons. The first-order chi connectivity index (χ1) is 17.9. The molecule has 2 bridgehead atoms. The standard InChI is InChI=1S/C28H32BrN3O5/c1-2-3-14-30-26(35)24-28-15-19(29)23(37-28)21(25(34)31-18-12-8-5-9-13-18)22(28)27(36)32(24)20(16-33)17-10-6-4-7-11-17/h4-13,19-24,33H,2-3,14-16H2,1H3,(H,30,35)(H,31,34)/t19?,20-,21+,22+,23+,24?,28?/m1/s1. The fraction of sp³-hybridized carbons (Fsp3) is 0.464. The molecule has 2 aromatic rings. The Bertz CT molecular complexity index is 1150. The predicted octanol–water partition coefficient (Wildman–Crippen LogP) is 3.02. The Kier molecular flexibility index (Phi) is 7.38. The van der Waals surface area contributed by atoms with Crippen LogP contribution in [0.4, 0.5) is 5.69 Å². The van der Waals surface area contributed by atoms with Crippen molar-refractivity contribution in [1.82, 2.24) is 10.2 Å². The van der Waals surface area contributed by atoms with Gasteiger partial charge in [-0.1, -0.05) is 77.8 Å². The summed E-state index contributed by atoms with van der Waals surface area (Å²) < 4.78 is 6.53. The molecule has 1 spiro atoms. The normalized spacial score (nSPS) is 30.7. The molecule has 3 aliphatic heterocycles. The Morgan fingerprint density at radius 2 is 1.81 bits per heavy atom. The first kappa shape index (κ1) is 25.9. The zero-order valence-corrected chi connectivity index (χ0v) is 22.3. The Balaban J connectivity index is 1.55. The van der Waals surface area contributed by atoms with Crippen LogP contribution in [0.2, 0.25) is 0 Å². The van der Waals surface area contributed by atoms with Crippen molar-refractivity contribution in [3.05, 3.63) is 66.2 Å². The smallest absolute Gasteiger partial charge is 0.245 e. The van der Waals surface area contributed by atoms with Crippen LogP contribution in [0.5, 0.6) is 0 Å². The number of aliphatic hydroxyl groups excluding tert-OH is 1. The average molecular weight is 570 g/mol. The van der Waals surface area contributed by atoms with E-state index in [1.807, 2.05) is 55.5 Å². The lowest BCUT2D eigenvalue weighted by molar-refractivity contribution is -0.145. The van der Waals surface area contributed by atoms with Gasteiger partial charge in [0.05, 0.1) is 30.6 Å². The third-order valence-electron chi connectivity index (χ3n) is 7.84. The van der Waals surface area contributed by atoms with Gasteiger partial charge in [0.15, 0.2) is 0 Å². The quantitative estimate of drug-likeness (QED) is 0.318. The molecule has 37 heavy (non-hydrogen) atoms. The monoisotopic (exact) mass is 569 g/mol. The Labute approximate surface area is 224 Å². The number of aliphatic hydroxyl groups is 1. The lowest BCUT2D eigenvalue weighted by Gasteiger charge is -2.37. The van der Waals surface area contributed by atoms with Crippen molar-refractivity contribution in [2.24, 2.45) is 11.8 Å². The summed E-state index contributed by atoms with van der Waals surface area (Å²) in [6.07, 6.45) is 1.58. The van der Waals surface area contributed by atoms with Crippen LogP contribution in [0.25, 0.3) is 0 Å². The van der Waals surface area contributed by atoms with E-state index in [2.05, 4.69) is 26.6 Å². The van der Waals surface area contributed by atoms with Crippen LogP contribution >= 0.6 is 15.9 Å². The van der Waals surface area contributed by atoms with Crippen molar-refractivity contribution < 1.29 is 24.2 Å². The third-order valence-corrected chi connectivity index (χ3v) is 8.69. The second-order valence-corrected chi connectivity index (χ2v) is 11.2. The Morgan fingerprint density at radius 1 is 1.14 bits per heavy atom. The van der Waals surface area contributed by atoms with Gasteiger partial charge in [-0.05, 0) is 30.5 Å². The van der Waals surface area contributed by atoms with E-state index in [1.165, 1.54) is 4.90 Å². The minimum absolute atomic E-state index is 0.196. The van der Waals surface area contributed by atoms with Crippen molar-refractivity contribution >= 4 is 39.3 Å². The average Bonchev–Trinajstić information content (AvgIpc) is 3.49. The highest BCUT2D eigenvalue weighted by atomic mass is 79.9. The van der Waals surface area contributed by atoms with Crippen LogP contribution in [0.15, 0.2) is 60.7 Å². The summed E-state index contributed by atoms with van der Waals surface area (Å²) in [5.41, 5.74) is 0.174. The number of amides is 3. The van der Waals surface area contributed by atoms with Crippen molar-refractivity contribution in [3.8, 4) is 0 Å². The van der Waals surface area contributed by atoms with Gasteiger partial charge < -0.3 is 25.4 Å². The van der Waals surface area contributed by atoms with E-state index in [-0.39, 0.29) is 29.2 Å². The van der Waals surface area contributed by atoms with Gasteiger partial charge in [-0.2, -0.15) is 0 Å². The number of carbonyl (C=O) groups is 3. The maximum atomic E-state index is 14.2. The van der Waals surface area contributed by atoms with Crippen molar-refractivity contribution in [3.63, 3.8) is 0 Å². The number of anilines is 1. The van der Waals surface area contributed by atoms with Crippen LogP contribution in [0, 0.1) is 11.8 Å². The number of rotatable bonds is 9. The maximum absolute atomic E-state index is 14.2. The number of ether oxygens (including phenoxy) is 1. The summed E-state index contributed by atoms with van der Waals surface area (Å²) in [4.78, 5) is 42.9. The lowest BCUT2D eigenvalue weighted by Crippen LogP contribution is -2.56. The molecule has 3 amide bonds. The van der Waals surface area contributed by atoms with Gasteiger partial charge in [0, 0.05) is 17.1 Å². The van der Waals surface area contributed by atoms with E-state index in [0.717, 1.165) is 18.4 Å². The second-order valence-electron chi connectivity index (χ2n) is 10.0. The molecule has 3 saturated heterocycles. The number of hydrogen-bond acceptors (Lipinski definition) is 5. The summed E-state index contributed by atoms with van der Waals surface area (Å²) in [6, 6.07) is 16.6. The fourth-order valence-corrected chi connectivity index (χ4v) is 7.21. The molecule has 0 aromatic heterocycles. The topological polar surface area (TPSA) is 108 Å². The molecule has 3 unspecified atom stereocenters. The van der Waals surface area contributed by atoms with E-state index in [9.17, 15) is 19.5 Å². The SMILES string of the molecule is CCCCNC(=O)C1N([C@H](CO)c2ccccc2)C(=O)[C@@H]2[C@H](C(=O)Nc3ccccc3)[C@H]3OC12CC3Br. The zero-order chi connectivity index (χ0) is 26.2. The van der Waals surface area contributed by atoms with Gasteiger partial charge in [0.25, 0.3) is 0 Å². The number of fused-ring (bicyclic) bond motifs is 1. The fourth-order valence-electron chi connectivity index (χ4n) is 6.26. The summed E-state index contributed by atoms with van der Waals surface area (Å²) in [7, 11) is 0. The third kappa shape index (κ3) is 4.36. The number of likely N-dealkylation sites (tertiary alicyclic amines) is 1.